The summed E-state index contributed by atoms with van der Waals surface area (Å²) in [5.41, 5.74) is 6.48. The standard InChI is InChI=1S/C15H22F2N2/c1-15(2,19-6-4-3-5-7-19)14(18)11-8-12(16)10-13(17)9-11/h8-10,14H,3-7,18H2,1-2H3. The Kier molecular flexibility index (Phi) is 4.21. The van der Waals surface area contributed by atoms with E-state index in [4.69, 9.17) is 5.73 Å². The quantitative estimate of drug-likeness (QED) is 0.912. The highest BCUT2D eigenvalue weighted by molar-refractivity contribution is 5.24. The van der Waals surface area contributed by atoms with Crippen LogP contribution >= 0.6 is 0 Å². The molecular formula is C15H22F2N2. The van der Waals surface area contributed by atoms with Crippen LogP contribution in [0.1, 0.15) is 44.7 Å². The maximum Gasteiger partial charge on any atom is 0.126 e. The molecule has 4 heteroatoms. The molecule has 1 aliphatic heterocycles. The van der Waals surface area contributed by atoms with Crippen LogP contribution in [0.2, 0.25) is 0 Å². The van der Waals surface area contributed by atoms with Crippen molar-refractivity contribution in [1.82, 2.24) is 4.90 Å². The van der Waals surface area contributed by atoms with E-state index in [1.165, 1.54) is 18.6 Å². The van der Waals surface area contributed by atoms with Crippen LogP contribution in [0.5, 0.6) is 0 Å². The molecule has 1 aromatic rings. The number of hydrogen-bond donors (Lipinski definition) is 1. The largest absolute Gasteiger partial charge is 0.322 e. The summed E-state index contributed by atoms with van der Waals surface area (Å²) in [5.74, 6) is -1.14. The Hall–Kier alpha value is -1.00. The number of hydrogen-bond acceptors (Lipinski definition) is 2. The minimum absolute atomic E-state index is 0.305. The van der Waals surface area contributed by atoms with E-state index in [0.29, 0.717) is 5.56 Å². The van der Waals surface area contributed by atoms with Crippen molar-refractivity contribution < 1.29 is 8.78 Å². The predicted molar refractivity (Wildman–Crippen MR) is 72.8 cm³/mol. The summed E-state index contributed by atoms with van der Waals surface area (Å²) in [4.78, 5) is 2.32. The summed E-state index contributed by atoms with van der Waals surface area (Å²) in [5, 5.41) is 0. The number of likely N-dealkylation sites (tertiary alicyclic amines) is 1. The van der Waals surface area contributed by atoms with E-state index in [0.717, 1.165) is 32.0 Å². The highest BCUT2D eigenvalue weighted by Crippen LogP contribution is 2.31. The van der Waals surface area contributed by atoms with Crippen LogP contribution in [0.15, 0.2) is 18.2 Å². The molecule has 1 saturated heterocycles. The summed E-state index contributed by atoms with van der Waals surface area (Å²) >= 11 is 0. The third-order valence-corrected chi connectivity index (χ3v) is 4.18. The summed E-state index contributed by atoms with van der Waals surface area (Å²) in [7, 11) is 0. The molecule has 2 nitrogen and oxygen atoms in total. The van der Waals surface area contributed by atoms with E-state index in [-0.39, 0.29) is 5.54 Å². The first-order valence-electron chi connectivity index (χ1n) is 6.88. The Labute approximate surface area is 113 Å². The fraction of sp³-hybridized carbons (Fsp3) is 0.600. The zero-order chi connectivity index (χ0) is 14.0. The Balaban J connectivity index is 2.22. The summed E-state index contributed by atoms with van der Waals surface area (Å²) in [6.07, 6.45) is 3.57. The SMILES string of the molecule is CC(C)(C(N)c1cc(F)cc(F)c1)N1CCCCC1. The lowest BCUT2D eigenvalue weighted by Crippen LogP contribution is -2.53. The molecule has 0 aromatic heterocycles. The molecule has 2 N–H and O–H groups in total. The molecule has 1 heterocycles. The number of nitrogens with zero attached hydrogens (tertiary/aromatic N) is 1. The fourth-order valence-electron chi connectivity index (χ4n) is 2.83. The van der Waals surface area contributed by atoms with E-state index >= 15 is 0 Å². The number of piperidine rings is 1. The third-order valence-electron chi connectivity index (χ3n) is 4.18. The van der Waals surface area contributed by atoms with Gasteiger partial charge in [0.15, 0.2) is 0 Å². The summed E-state index contributed by atoms with van der Waals surface area (Å²) < 4.78 is 26.6. The fourth-order valence-corrected chi connectivity index (χ4v) is 2.83. The van der Waals surface area contributed by atoms with Crippen molar-refractivity contribution in [3.05, 3.63) is 35.4 Å². The molecule has 0 spiro atoms. The molecule has 0 aliphatic carbocycles. The molecule has 1 unspecified atom stereocenters. The Morgan fingerprint density at radius 3 is 2.11 bits per heavy atom. The molecule has 19 heavy (non-hydrogen) atoms. The molecule has 1 fully saturated rings. The Bertz CT molecular complexity index is 420. The van der Waals surface area contributed by atoms with Crippen molar-refractivity contribution in [1.29, 1.82) is 0 Å². The van der Waals surface area contributed by atoms with Gasteiger partial charge in [-0.1, -0.05) is 6.42 Å². The molecule has 0 radical (unpaired) electrons. The van der Waals surface area contributed by atoms with Crippen LogP contribution in [-0.2, 0) is 0 Å². The lowest BCUT2D eigenvalue weighted by molar-refractivity contribution is 0.0728. The first-order valence-corrected chi connectivity index (χ1v) is 6.88. The number of nitrogens with two attached hydrogens (primary N) is 1. The molecule has 1 aliphatic rings. The van der Waals surface area contributed by atoms with Gasteiger partial charge in [-0.3, -0.25) is 4.90 Å². The predicted octanol–water partition coefficient (Wildman–Crippen LogP) is 3.23. The van der Waals surface area contributed by atoms with Gasteiger partial charge >= 0.3 is 0 Å². The Morgan fingerprint density at radius 2 is 1.58 bits per heavy atom. The topological polar surface area (TPSA) is 29.3 Å². The van der Waals surface area contributed by atoms with Crippen molar-refractivity contribution in [2.24, 2.45) is 5.73 Å². The van der Waals surface area contributed by atoms with Crippen molar-refractivity contribution in [3.63, 3.8) is 0 Å². The van der Waals surface area contributed by atoms with Crippen molar-refractivity contribution in [2.75, 3.05) is 13.1 Å². The van der Waals surface area contributed by atoms with Crippen molar-refractivity contribution in [2.45, 2.75) is 44.7 Å². The first kappa shape index (κ1) is 14.4. The molecule has 0 saturated carbocycles. The van der Waals surface area contributed by atoms with Gasteiger partial charge in [0, 0.05) is 17.6 Å². The maximum absolute atomic E-state index is 13.3. The molecule has 0 bridgehead atoms. The minimum Gasteiger partial charge on any atom is -0.322 e. The van der Waals surface area contributed by atoms with Crippen LogP contribution in [0.4, 0.5) is 8.78 Å². The second-order valence-electron chi connectivity index (χ2n) is 5.88. The van der Waals surface area contributed by atoms with Crippen LogP contribution in [0, 0.1) is 11.6 Å². The number of rotatable bonds is 3. The highest BCUT2D eigenvalue weighted by Gasteiger charge is 2.35. The van der Waals surface area contributed by atoms with Gasteiger partial charge in [0.2, 0.25) is 0 Å². The molecule has 106 valence electrons. The van der Waals surface area contributed by atoms with Gasteiger partial charge in [-0.15, -0.1) is 0 Å². The highest BCUT2D eigenvalue weighted by atomic mass is 19.1. The zero-order valence-corrected chi connectivity index (χ0v) is 11.6. The van der Waals surface area contributed by atoms with E-state index < -0.39 is 17.7 Å². The third kappa shape index (κ3) is 3.12. The van der Waals surface area contributed by atoms with E-state index in [1.807, 2.05) is 13.8 Å². The smallest absolute Gasteiger partial charge is 0.126 e. The van der Waals surface area contributed by atoms with Gasteiger partial charge < -0.3 is 5.73 Å². The zero-order valence-electron chi connectivity index (χ0n) is 11.6. The second-order valence-corrected chi connectivity index (χ2v) is 5.88. The summed E-state index contributed by atoms with van der Waals surface area (Å²) in [6.45, 7) is 6.09. The second kappa shape index (κ2) is 5.55. The van der Waals surface area contributed by atoms with E-state index in [2.05, 4.69) is 4.90 Å². The van der Waals surface area contributed by atoms with E-state index in [9.17, 15) is 8.78 Å². The van der Waals surface area contributed by atoms with E-state index in [1.54, 1.807) is 0 Å². The van der Waals surface area contributed by atoms with Crippen LogP contribution in [0.3, 0.4) is 0 Å². The monoisotopic (exact) mass is 268 g/mol. The number of benzene rings is 1. The van der Waals surface area contributed by atoms with Gasteiger partial charge in [0.1, 0.15) is 11.6 Å². The maximum atomic E-state index is 13.3. The average Bonchev–Trinajstić information content (AvgIpc) is 2.37. The molecule has 1 aromatic carbocycles. The Morgan fingerprint density at radius 1 is 1.05 bits per heavy atom. The van der Waals surface area contributed by atoms with Gasteiger partial charge in [0.25, 0.3) is 0 Å². The van der Waals surface area contributed by atoms with Gasteiger partial charge in [0.05, 0.1) is 0 Å². The summed E-state index contributed by atoms with van der Waals surface area (Å²) in [6, 6.07) is 3.14. The first-order chi connectivity index (χ1) is 8.91. The van der Waals surface area contributed by atoms with Crippen LogP contribution < -0.4 is 5.73 Å². The average molecular weight is 268 g/mol. The van der Waals surface area contributed by atoms with Crippen molar-refractivity contribution >= 4 is 0 Å². The lowest BCUT2D eigenvalue weighted by atomic mass is 9.86. The minimum atomic E-state index is -0.570. The van der Waals surface area contributed by atoms with Gasteiger partial charge in [-0.25, -0.2) is 8.78 Å². The number of halogens is 2. The van der Waals surface area contributed by atoms with Gasteiger partial charge in [-0.2, -0.15) is 0 Å². The lowest BCUT2D eigenvalue weighted by Gasteiger charge is -2.44. The van der Waals surface area contributed by atoms with Crippen molar-refractivity contribution in [3.8, 4) is 0 Å². The molecule has 1 atom stereocenters. The normalized spacial score (nSPS) is 19.4. The van der Waals surface area contributed by atoms with Gasteiger partial charge in [-0.05, 0) is 57.5 Å². The molecule has 2 rings (SSSR count). The molecular weight excluding hydrogens is 246 g/mol. The van der Waals surface area contributed by atoms with Crippen LogP contribution in [0.25, 0.3) is 0 Å². The molecule has 0 amide bonds. The van der Waals surface area contributed by atoms with Crippen LogP contribution in [-0.4, -0.2) is 23.5 Å².